The number of piperidine rings is 1. The van der Waals surface area contributed by atoms with Gasteiger partial charge in [0.2, 0.25) is 0 Å². The number of Topliss-reactive ketones (excluding diaryl/α,β-unsaturated/α-hetero) is 1. The van der Waals surface area contributed by atoms with E-state index in [0.717, 1.165) is 18.4 Å². The predicted octanol–water partition coefficient (Wildman–Crippen LogP) is 2.08. The normalized spacial score (nSPS) is 30.1. The lowest BCUT2D eigenvalue weighted by molar-refractivity contribution is 0.00951. The zero-order valence-corrected chi connectivity index (χ0v) is 11.0. The fourth-order valence-electron chi connectivity index (χ4n) is 3.17. The molecular weight excluding hydrogens is 245 g/mol. The van der Waals surface area contributed by atoms with Crippen LogP contribution in [0.2, 0.25) is 0 Å². The van der Waals surface area contributed by atoms with Crippen molar-refractivity contribution < 1.29 is 13.9 Å². The topological polar surface area (TPSA) is 38.3 Å². The summed E-state index contributed by atoms with van der Waals surface area (Å²) >= 11 is 0. The summed E-state index contributed by atoms with van der Waals surface area (Å²) in [4.78, 5) is 12.6. The Bertz CT molecular complexity index is 491. The molecule has 102 valence electrons. The Kier molecular flexibility index (Phi) is 3.37. The number of rotatable bonds is 2. The molecule has 0 saturated carbocycles. The fourth-order valence-corrected chi connectivity index (χ4v) is 3.17. The number of ether oxygens (including phenoxy) is 1. The highest BCUT2D eigenvalue weighted by Crippen LogP contribution is 2.28. The third-order valence-corrected chi connectivity index (χ3v) is 4.07. The van der Waals surface area contributed by atoms with Crippen molar-refractivity contribution in [2.24, 2.45) is 5.92 Å². The largest absolute Gasteiger partial charge is 0.378 e. The van der Waals surface area contributed by atoms with Gasteiger partial charge in [-0.3, -0.25) is 4.79 Å². The molecule has 2 saturated heterocycles. The molecule has 1 aromatic carbocycles. The SMILES string of the molecule is Cc1cc(F)ccc1C(=O)C1CC2COCC(C1)N2. The number of ketones is 1. The first-order valence-electron chi connectivity index (χ1n) is 6.77. The summed E-state index contributed by atoms with van der Waals surface area (Å²) in [5, 5.41) is 3.48. The van der Waals surface area contributed by atoms with E-state index >= 15 is 0 Å². The summed E-state index contributed by atoms with van der Waals surface area (Å²) in [5.41, 5.74) is 1.39. The summed E-state index contributed by atoms with van der Waals surface area (Å²) < 4.78 is 18.6. The number of halogens is 1. The molecule has 0 radical (unpaired) electrons. The van der Waals surface area contributed by atoms with Gasteiger partial charge in [-0.1, -0.05) is 0 Å². The number of fused-ring (bicyclic) bond motifs is 2. The van der Waals surface area contributed by atoms with Gasteiger partial charge in [0.1, 0.15) is 5.82 Å². The highest BCUT2D eigenvalue weighted by Gasteiger charge is 2.35. The van der Waals surface area contributed by atoms with Crippen LogP contribution in [0.25, 0.3) is 0 Å². The second-order valence-corrected chi connectivity index (χ2v) is 5.59. The highest BCUT2D eigenvalue weighted by atomic mass is 19.1. The van der Waals surface area contributed by atoms with Crippen molar-refractivity contribution in [1.82, 2.24) is 5.32 Å². The van der Waals surface area contributed by atoms with Gasteiger partial charge < -0.3 is 10.1 Å². The molecule has 2 bridgehead atoms. The Morgan fingerprint density at radius 3 is 2.63 bits per heavy atom. The van der Waals surface area contributed by atoms with E-state index in [1.165, 1.54) is 12.1 Å². The van der Waals surface area contributed by atoms with Crippen molar-refractivity contribution in [2.45, 2.75) is 31.8 Å². The molecule has 2 heterocycles. The quantitative estimate of drug-likeness (QED) is 0.830. The average molecular weight is 263 g/mol. The summed E-state index contributed by atoms with van der Waals surface area (Å²) in [5.74, 6) is -0.107. The van der Waals surface area contributed by atoms with Crippen LogP contribution in [-0.4, -0.2) is 31.1 Å². The van der Waals surface area contributed by atoms with Gasteiger partial charge in [0, 0.05) is 23.6 Å². The summed E-state index contributed by atoms with van der Waals surface area (Å²) in [6, 6.07) is 4.97. The first kappa shape index (κ1) is 12.8. The number of hydrogen-bond acceptors (Lipinski definition) is 3. The van der Waals surface area contributed by atoms with E-state index < -0.39 is 0 Å². The molecule has 4 heteroatoms. The minimum absolute atomic E-state index is 0.0318. The van der Waals surface area contributed by atoms with E-state index in [0.29, 0.717) is 18.8 Å². The maximum atomic E-state index is 13.1. The van der Waals surface area contributed by atoms with Crippen molar-refractivity contribution in [1.29, 1.82) is 0 Å². The lowest BCUT2D eigenvalue weighted by atomic mass is 9.81. The lowest BCUT2D eigenvalue weighted by Gasteiger charge is -2.39. The summed E-state index contributed by atoms with van der Waals surface area (Å²) in [7, 11) is 0. The number of hydrogen-bond donors (Lipinski definition) is 1. The summed E-state index contributed by atoms with van der Waals surface area (Å²) in [6.07, 6.45) is 1.62. The molecule has 2 fully saturated rings. The van der Waals surface area contributed by atoms with Crippen LogP contribution in [0, 0.1) is 18.7 Å². The van der Waals surface area contributed by atoms with Crippen LogP contribution in [0.4, 0.5) is 4.39 Å². The van der Waals surface area contributed by atoms with Crippen LogP contribution in [0.3, 0.4) is 0 Å². The van der Waals surface area contributed by atoms with Gasteiger partial charge in [-0.15, -0.1) is 0 Å². The van der Waals surface area contributed by atoms with Crippen molar-refractivity contribution >= 4 is 5.78 Å². The van der Waals surface area contributed by atoms with E-state index in [-0.39, 0.29) is 29.6 Å². The molecule has 0 amide bonds. The van der Waals surface area contributed by atoms with Crippen molar-refractivity contribution in [3.8, 4) is 0 Å². The van der Waals surface area contributed by atoms with Crippen molar-refractivity contribution in [2.75, 3.05) is 13.2 Å². The number of carbonyl (C=O) groups excluding carboxylic acids is 1. The number of carbonyl (C=O) groups is 1. The molecule has 2 unspecified atom stereocenters. The minimum Gasteiger partial charge on any atom is -0.378 e. The Morgan fingerprint density at radius 2 is 2.00 bits per heavy atom. The summed E-state index contributed by atoms with van der Waals surface area (Å²) in [6.45, 7) is 3.16. The van der Waals surface area contributed by atoms with Gasteiger partial charge in [0.05, 0.1) is 13.2 Å². The van der Waals surface area contributed by atoms with Crippen LogP contribution < -0.4 is 5.32 Å². The molecule has 3 nitrogen and oxygen atoms in total. The van der Waals surface area contributed by atoms with Crippen LogP contribution in [0.1, 0.15) is 28.8 Å². The molecule has 3 rings (SSSR count). The number of nitrogens with one attached hydrogen (secondary N) is 1. The average Bonchev–Trinajstić information content (AvgIpc) is 2.37. The van der Waals surface area contributed by atoms with Crippen LogP contribution in [0.15, 0.2) is 18.2 Å². The molecule has 1 aromatic rings. The highest BCUT2D eigenvalue weighted by molar-refractivity contribution is 5.99. The van der Waals surface area contributed by atoms with Gasteiger partial charge in [0.15, 0.2) is 5.78 Å². The standard InChI is InChI=1S/C15H18FNO2/c1-9-4-11(16)2-3-14(9)15(18)10-5-12-7-19-8-13(6-10)17-12/h2-4,10,12-13,17H,5-8H2,1H3. The number of morpholine rings is 1. The third kappa shape index (κ3) is 2.55. The molecular formula is C15H18FNO2. The van der Waals surface area contributed by atoms with E-state index in [1.807, 2.05) is 0 Å². The van der Waals surface area contributed by atoms with Crippen LogP contribution in [0.5, 0.6) is 0 Å². The van der Waals surface area contributed by atoms with E-state index in [1.54, 1.807) is 13.0 Å². The first-order chi connectivity index (χ1) is 9.13. The monoisotopic (exact) mass is 263 g/mol. The number of aryl methyl sites for hydroxylation is 1. The van der Waals surface area contributed by atoms with Gasteiger partial charge in [-0.25, -0.2) is 4.39 Å². The molecule has 2 aliphatic heterocycles. The van der Waals surface area contributed by atoms with Crippen LogP contribution >= 0.6 is 0 Å². The molecule has 19 heavy (non-hydrogen) atoms. The Balaban J connectivity index is 1.80. The van der Waals surface area contributed by atoms with Crippen molar-refractivity contribution in [3.63, 3.8) is 0 Å². The Morgan fingerprint density at radius 1 is 1.32 bits per heavy atom. The molecule has 0 aromatic heterocycles. The Labute approximate surface area is 112 Å². The van der Waals surface area contributed by atoms with Gasteiger partial charge >= 0.3 is 0 Å². The molecule has 1 N–H and O–H groups in total. The van der Waals surface area contributed by atoms with Crippen LogP contribution in [-0.2, 0) is 4.74 Å². The van der Waals surface area contributed by atoms with Crippen molar-refractivity contribution in [3.05, 3.63) is 35.1 Å². The smallest absolute Gasteiger partial charge is 0.166 e. The Hall–Kier alpha value is -1.26. The maximum Gasteiger partial charge on any atom is 0.166 e. The number of benzene rings is 1. The van der Waals surface area contributed by atoms with E-state index in [2.05, 4.69) is 5.32 Å². The minimum atomic E-state index is -0.287. The maximum absolute atomic E-state index is 13.1. The second-order valence-electron chi connectivity index (χ2n) is 5.59. The van der Waals surface area contributed by atoms with E-state index in [4.69, 9.17) is 4.74 Å². The van der Waals surface area contributed by atoms with Gasteiger partial charge in [-0.05, 0) is 43.5 Å². The second kappa shape index (κ2) is 5.02. The zero-order valence-electron chi connectivity index (χ0n) is 11.0. The first-order valence-corrected chi connectivity index (χ1v) is 6.77. The molecule has 2 atom stereocenters. The predicted molar refractivity (Wildman–Crippen MR) is 69.7 cm³/mol. The molecule has 2 aliphatic rings. The molecule has 0 spiro atoms. The third-order valence-electron chi connectivity index (χ3n) is 4.07. The zero-order chi connectivity index (χ0) is 13.4. The van der Waals surface area contributed by atoms with Gasteiger partial charge in [0.25, 0.3) is 0 Å². The lowest BCUT2D eigenvalue weighted by Crippen LogP contribution is -2.55. The van der Waals surface area contributed by atoms with Gasteiger partial charge in [-0.2, -0.15) is 0 Å². The molecule has 0 aliphatic carbocycles. The fraction of sp³-hybridized carbons (Fsp3) is 0.533. The van der Waals surface area contributed by atoms with E-state index in [9.17, 15) is 9.18 Å².